The maximum atomic E-state index is 11.3. The summed E-state index contributed by atoms with van der Waals surface area (Å²) in [5.74, 6) is 5.42. The van der Waals surface area contributed by atoms with Crippen molar-refractivity contribution in [1.82, 2.24) is 5.43 Å². The van der Waals surface area contributed by atoms with Gasteiger partial charge >= 0.3 is 0 Å². The van der Waals surface area contributed by atoms with E-state index in [1.807, 2.05) is 13.0 Å². The largest absolute Gasteiger partial charge is 0.489 e. The molecule has 0 saturated heterocycles. The zero-order valence-corrected chi connectivity index (χ0v) is 11.6. The van der Waals surface area contributed by atoms with Crippen LogP contribution in [0.5, 0.6) is 5.75 Å². The predicted octanol–water partition coefficient (Wildman–Crippen LogP) is 2.05. The van der Waals surface area contributed by atoms with Gasteiger partial charge in [0.15, 0.2) is 0 Å². The number of hydrogen-bond donors (Lipinski definition) is 2. The van der Waals surface area contributed by atoms with Crippen LogP contribution in [0.25, 0.3) is 0 Å². The van der Waals surface area contributed by atoms with Crippen molar-refractivity contribution in [2.45, 2.75) is 13.5 Å². The summed E-state index contributed by atoms with van der Waals surface area (Å²) in [7, 11) is 0. The average molecular weight is 281 g/mol. The van der Waals surface area contributed by atoms with Crippen LogP contribution < -0.4 is 16.0 Å². The van der Waals surface area contributed by atoms with Gasteiger partial charge in [-0.2, -0.15) is 5.26 Å². The lowest BCUT2D eigenvalue weighted by Crippen LogP contribution is -2.29. The van der Waals surface area contributed by atoms with Gasteiger partial charge in [-0.3, -0.25) is 10.2 Å². The highest BCUT2D eigenvalue weighted by Gasteiger charge is 2.05. The van der Waals surface area contributed by atoms with E-state index < -0.39 is 0 Å². The first-order valence-electron chi connectivity index (χ1n) is 6.37. The number of nitrogen functional groups attached to an aromatic ring is 1. The third-order valence-corrected chi connectivity index (χ3v) is 3.06. The van der Waals surface area contributed by atoms with Gasteiger partial charge in [0.05, 0.1) is 11.6 Å². The van der Waals surface area contributed by atoms with E-state index in [0.717, 1.165) is 11.1 Å². The number of benzene rings is 2. The van der Waals surface area contributed by atoms with E-state index in [1.54, 1.807) is 36.4 Å². The Labute approximate surface area is 122 Å². The van der Waals surface area contributed by atoms with Crippen molar-refractivity contribution < 1.29 is 9.53 Å². The number of carbonyl (C=O) groups excluding carboxylic acids is 1. The molecule has 0 spiro atoms. The van der Waals surface area contributed by atoms with Crippen LogP contribution in [-0.4, -0.2) is 5.91 Å². The van der Waals surface area contributed by atoms with Crippen LogP contribution in [0, 0.1) is 18.3 Å². The molecule has 0 radical (unpaired) electrons. The second-order valence-electron chi connectivity index (χ2n) is 4.55. The van der Waals surface area contributed by atoms with Gasteiger partial charge in [-0.15, -0.1) is 0 Å². The minimum atomic E-state index is -0.333. The predicted molar refractivity (Wildman–Crippen MR) is 78.3 cm³/mol. The molecule has 21 heavy (non-hydrogen) atoms. The number of nitrogens with one attached hydrogen (secondary N) is 1. The molecular weight excluding hydrogens is 266 g/mol. The van der Waals surface area contributed by atoms with Crippen molar-refractivity contribution in [3.05, 3.63) is 64.7 Å². The Morgan fingerprint density at radius 2 is 2.00 bits per heavy atom. The first kappa shape index (κ1) is 14.6. The summed E-state index contributed by atoms with van der Waals surface area (Å²) < 4.78 is 5.72. The number of nitrogens with zero attached hydrogens (tertiary/aromatic N) is 1. The Balaban J connectivity index is 2.06. The molecule has 0 aliphatic carbocycles. The van der Waals surface area contributed by atoms with Gasteiger partial charge in [-0.25, -0.2) is 5.84 Å². The topological polar surface area (TPSA) is 88.1 Å². The van der Waals surface area contributed by atoms with Crippen LogP contribution in [-0.2, 0) is 6.61 Å². The van der Waals surface area contributed by atoms with E-state index in [9.17, 15) is 4.79 Å². The molecule has 2 aromatic rings. The summed E-state index contributed by atoms with van der Waals surface area (Å²) in [6, 6.07) is 14.4. The van der Waals surface area contributed by atoms with Gasteiger partial charge in [-0.1, -0.05) is 18.2 Å². The smallest absolute Gasteiger partial charge is 0.265 e. The number of ether oxygens (including phenoxy) is 1. The van der Waals surface area contributed by atoms with Crippen molar-refractivity contribution in [2.75, 3.05) is 0 Å². The Hall–Kier alpha value is -2.84. The van der Waals surface area contributed by atoms with Gasteiger partial charge < -0.3 is 4.74 Å². The van der Waals surface area contributed by atoms with Crippen molar-refractivity contribution in [2.24, 2.45) is 5.84 Å². The van der Waals surface area contributed by atoms with Gasteiger partial charge in [-0.05, 0) is 42.3 Å². The fourth-order valence-corrected chi connectivity index (χ4v) is 1.82. The number of hydrazine groups is 1. The van der Waals surface area contributed by atoms with Crippen LogP contribution in [0.15, 0.2) is 42.5 Å². The number of aryl methyl sites for hydroxylation is 1. The fraction of sp³-hybridized carbons (Fsp3) is 0.125. The SMILES string of the molecule is Cc1ccc(C#N)cc1OCc1ccc(C(=O)NN)cc1. The van der Waals surface area contributed by atoms with Crippen LogP contribution in [0.4, 0.5) is 0 Å². The van der Waals surface area contributed by atoms with Crippen molar-refractivity contribution in [1.29, 1.82) is 5.26 Å². The summed E-state index contributed by atoms with van der Waals surface area (Å²) in [6.45, 7) is 2.28. The normalized spacial score (nSPS) is 9.76. The van der Waals surface area contributed by atoms with Gasteiger partial charge in [0.1, 0.15) is 12.4 Å². The lowest BCUT2D eigenvalue weighted by atomic mass is 10.1. The van der Waals surface area contributed by atoms with E-state index in [2.05, 4.69) is 11.5 Å². The average Bonchev–Trinajstić information content (AvgIpc) is 2.54. The van der Waals surface area contributed by atoms with E-state index in [-0.39, 0.29) is 5.91 Å². The maximum Gasteiger partial charge on any atom is 0.265 e. The molecule has 0 saturated carbocycles. The molecular formula is C16H15N3O2. The summed E-state index contributed by atoms with van der Waals surface area (Å²) in [6.07, 6.45) is 0. The lowest BCUT2D eigenvalue weighted by Gasteiger charge is -2.10. The first-order chi connectivity index (χ1) is 10.1. The molecule has 0 atom stereocenters. The minimum Gasteiger partial charge on any atom is -0.489 e. The van der Waals surface area contributed by atoms with Gasteiger partial charge in [0.2, 0.25) is 0 Å². The minimum absolute atomic E-state index is 0.333. The molecule has 2 rings (SSSR count). The maximum absolute atomic E-state index is 11.3. The number of hydrogen-bond acceptors (Lipinski definition) is 4. The van der Waals surface area contributed by atoms with Gasteiger partial charge in [0, 0.05) is 5.56 Å². The summed E-state index contributed by atoms with van der Waals surface area (Å²) in [4.78, 5) is 11.3. The summed E-state index contributed by atoms with van der Waals surface area (Å²) >= 11 is 0. The molecule has 1 amide bonds. The molecule has 5 heteroatoms. The highest BCUT2D eigenvalue weighted by molar-refractivity contribution is 5.93. The quantitative estimate of drug-likeness (QED) is 0.510. The molecule has 106 valence electrons. The van der Waals surface area contributed by atoms with Crippen LogP contribution in [0.2, 0.25) is 0 Å². The van der Waals surface area contributed by atoms with Crippen molar-refractivity contribution >= 4 is 5.91 Å². The highest BCUT2D eigenvalue weighted by Crippen LogP contribution is 2.20. The third kappa shape index (κ3) is 3.59. The molecule has 5 nitrogen and oxygen atoms in total. The standard InChI is InChI=1S/C16H15N3O2/c1-11-2-3-13(9-17)8-15(11)21-10-12-4-6-14(7-5-12)16(20)19-18/h2-8H,10,18H2,1H3,(H,19,20). The number of nitriles is 1. The Morgan fingerprint density at radius 1 is 1.29 bits per heavy atom. The van der Waals surface area contributed by atoms with Gasteiger partial charge in [0.25, 0.3) is 5.91 Å². The van der Waals surface area contributed by atoms with Crippen LogP contribution >= 0.6 is 0 Å². The zero-order chi connectivity index (χ0) is 15.2. The zero-order valence-electron chi connectivity index (χ0n) is 11.6. The van der Waals surface area contributed by atoms with E-state index in [0.29, 0.717) is 23.5 Å². The summed E-state index contributed by atoms with van der Waals surface area (Å²) in [5, 5.41) is 8.89. The van der Waals surface area contributed by atoms with E-state index >= 15 is 0 Å². The van der Waals surface area contributed by atoms with Crippen LogP contribution in [0.1, 0.15) is 27.0 Å². The molecule has 0 unspecified atom stereocenters. The number of nitrogens with two attached hydrogens (primary N) is 1. The molecule has 0 heterocycles. The Bertz CT molecular complexity index is 688. The number of rotatable bonds is 4. The lowest BCUT2D eigenvalue weighted by molar-refractivity contribution is 0.0953. The van der Waals surface area contributed by atoms with E-state index in [1.165, 1.54) is 0 Å². The number of carbonyl (C=O) groups is 1. The molecule has 3 N–H and O–H groups in total. The second kappa shape index (κ2) is 6.55. The van der Waals surface area contributed by atoms with Crippen molar-refractivity contribution in [3.63, 3.8) is 0 Å². The second-order valence-corrected chi connectivity index (χ2v) is 4.55. The summed E-state index contributed by atoms with van der Waals surface area (Å²) in [5.41, 5.74) is 5.02. The van der Waals surface area contributed by atoms with Crippen LogP contribution in [0.3, 0.4) is 0 Å². The molecule has 2 aromatic carbocycles. The first-order valence-corrected chi connectivity index (χ1v) is 6.37. The highest BCUT2D eigenvalue weighted by atomic mass is 16.5. The number of amides is 1. The van der Waals surface area contributed by atoms with Crippen molar-refractivity contribution in [3.8, 4) is 11.8 Å². The molecule has 0 aromatic heterocycles. The third-order valence-electron chi connectivity index (χ3n) is 3.06. The molecule has 0 aliphatic heterocycles. The molecule has 0 fully saturated rings. The van der Waals surface area contributed by atoms with E-state index in [4.69, 9.17) is 15.8 Å². The fourth-order valence-electron chi connectivity index (χ4n) is 1.82. The molecule has 0 bridgehead atoms. The monoisotopic (exact) mass is 281 g/mol. The Kier molecular flexibility index (Phi) is 4.54. The Morgan fingerprint density at radius 3 is 2.62 bits per heavy atom. The molecule has 0 aliphatic rings.